The topological polar surface area (TPSA) is 34.1 Å². The van der Waals surface area contributed by atoms with Gasteiger partial charge in [0.1, 0.15) is 0 Å². The van der Waals surface area contributed by atoms with E-state index in [2.05, 4.69) is 41.5 Å². The van der Waals surface area contributed by atoms with Crippen molar-refractivity contribution in [2.24, 2.45) is 0 Å². The largest absolute Gasteiger partial charge is 0.481 e. The van der Waals surface area contributed by atoms with Gasteiger partial charge in [-0.05, 0) is 37.3 Å². The van der Waals surface area contributed by atoms with E-state index >= 15 is 0 Å². The van der Waals surface area contributed by atoms with Crippen molar-refractivity contribution in [2.45, 2.75) is 31.7 Å². The molecule has 1 heterocycles. The third-order valence-corrected chi connectivity index (χ3v) is 3.97. The second-order valence-electron chi connectivity index (χ2n) is 5.51. The monoisotopic (exact) mass is 268 g/mol. The lowest BCUT2D eigenvalue weighted by molar-refractivity contribution is 0.373. The second-order valence-corrected chi connectivity index (χ2v) is 5.51. The zero-order valence-electron chi connectivity index (χ0n) is 12.0. The molecular weight excluding hydrogens is 248 g/mol. The molecule has 0 bridgehead atoms. The van der Waals surface area contributed by atoms with Gasteiger partial charge in [0.2, 0.25) is 5.88 Å². The van der Waals surface area contributed by atoms with Crippen LogP contribution < -0.4 is 10.1 Å². The fourth-order valence-corrected chi connectivity index (χ4v) is 2.75. The molecule has 0 spiro atoms. The molecule has 1 aromatic carbocycles. The Hall–Kier alpha value is -2.03. The summed E-state index contributed by atoms with van der Waals surface area (Å²) in [6.07, 6.45) is 4.21. The fraction of sp³-hybridized carbons (Fsp3) is 0.353. The van der Waals surface area contributed by atoms with Gasteiger partial charge >= 0.3 is 0 Å². The zero-order valence-corrected chi connectivity index (χ0v) is 12.0. The van der Waals surface area contributed by atoms with E-state index in [1.165, 1.54) is 24.0 Å². The van der Waals surface area contributed by atoms with E-state index in [9.17, 15) is 0 Å². The Morgan fingerprint density at radius 2 is 2.05 bits per heavy atom. The zero-order chi connectivity index (χ0) is 13.9. The molecule has 3 rings (SSSR count). The van der Waals surface area contributed by atoms with Gasteiger partial charge in [-0.1, -0.05) is 29.8 Å². The van der Waals surface area contributed by atoms with E-state index in [1.54, 1.807) is 7.11 Å². The molecule has 0 unspecified atom stereocenters. The van der Waals surface area contributed by atoms with Gasteiger partial charge in [-0.3, -0.25) is 0 Å². The molecule has 0 amide bonds. The maximum Gasteiger partial charge on any atom is 0.213 e. The predicted molar refractivity (Wildman–Crippen MR) is 81.4 cm³/mol. The second kappa shape index (κ2) is 5.53. The minimum atomic E-state index is 0.552. The molecule has 0 aliphatic heterocycles. The first kappa shape index (κ1) is 13.0. The lowest BCUT2D eigenvalue weighted by Crippen LogP contribution is -2.34. The number of anilines is 1. The molecule has 1 aliphatic carbocycles. The Labute approximate surface area is 120 Å². The van der Waals surface area contributed by atoms with Crippen LogP contribution in [0.4, 0.5) is 5.69 Å². The van der Waals surface area contributed by atoms with E-state index < -0.39 is 0 Å². The molecule has 1 fully saturated rings. The van der Waals surface area contributed by atoms with Crippen molar-refractivity contribution in [3.8, 4) is 5.88 Å². The number of hydrogen-bond acceptors (Lipinski definition) is 3. The Morgan fingerprint density at radius 3 is 2.70 bits per heavy atom. The summed E-state index contributed by atoms with van der Waals surface area (Å²) in [5.41, 5.74) is 3.88. The molecule has 1 aromatic heterocycles. The average molecular weight is 268 g/mol. The van der Waals surface area contributed by atoms with Gasteiger partial charge in [-0.2, -0.15) is 0 Å². The van der Waals surface area contributed by atoms with Crippen molar-refractivity contribution >= 4 is 5.69 Å². The van der Waals surface area contributed by atoms with Gasteiger partial charge in [0.15, 0.2) is 0 Å². The van der Waals surface area contributed by atoms with Gasteiger partial charge in [0, 0.05) is 12.1 Å². The maximum atomic E-state index is 5.06. The predicted octanol–water partition coefficient (Wildman–Crippen LogP) is 3.76. The molecule has 0 atom stereocenters. The molecule has 104 valence electrons. The van der Waals surface area contributed by atoms with Crippen molar-refractivity contribution < 1.29 is 4.74 Å². The van der Waals surface area contributed by atoms with Gasteiger partial charge < -0.3 is 10.1 Å². The first-order chi connectivity index (χ1) is 9.74. The summed E-state index contributed by atoms with van der Waals surface area (Å²) in [6, 6.07) is 13.3. The molecule has 3 heteroatoms. The van der Waals surface area contributed by atoms with Crippen LogP contribution in [0.3, 0.4) is 0 Å². The molecule has 1 saturated carbocycles. The van der Waals surface area contributed by atoms with E-state index in [0.29, 0.717) is 17.8 Å². The number of benzene rings is 1. The van der Waals surface area contributed by atoms with Gasteiger partial charge in [-0.15, -0.1) is 0 Å². The first-order valence-corrected chi connectivity index (χ1v) is 7.08. The van der Waals surface area contributed by atoms with Gasteiger partial charge in [0.25, 0.3) is 0 Å². The number of rotatable bonds is 4. The highest BCUT2D eigenvalue weighted by Gasteiger charge is 2.30. The third-order valence-electron chi connectivity index (χ3n) is 3.97. The van der Waals surface area contributed by atoms with Crippen LogP contribution >= 0.6 is 0 Å². The number of pyridine rings is 1. The van der Waals surface area contributed by atoms with Crippen molar-refractivity contribution in [2.75, 3.05) is 12.4 Å². The van der Waals surface area contributed by atoms with Crippen LogP contribution in [0, 0.1) is 6.92 Å². The summed E-state index contributed by atoms with van der Waals surface area (Å²) in [7, 11) is 1.63. The number of hydrogen-bond donors (Lipinski definition) is 1. The number of aryl methyl sites for hydroxylation is 1. The average Bonchev–Trinajstić information content (AvgIpc) is 2.43. The lowest BCUT2D eigenvalue weighted by atomic mass is 9.75. The highest BCUT2D eigenvalue weighted by Crippen LogP contribution is 2.38. The quantitative estimate of drug-likeness (QED) is 0.916. The summed E-state index contributed by atoms with van der Waals surface area (Å²) in [5.74, 6) is 1.35. The molecule has 0 saturated heterocycles. The van der Waals surface area contributed by atoms with Crippen molar-refractivity contribution in [3.05, 3.63) is 53.7 Å². The Bertz CT molecular complexity index is 574. The van der Waals surface area contributed by atoms with Crippen LogP contribution in [0.1, 0.15) is 29.9 Å². The minimum Gasteiger partial charge on any atom is -0.481 e. The maximum absolute atomic E-state index is 5.06. The Balaban J connectivity index is 1.55. The normalized spacial score (nSPS) is 21.1. The number of nitrogens with zero attached hydrogens (tertiary/aromatic N) is 1. The first-order valence-electron chi connectivity index (χ1n) is 7.08. The van der Waals surface area contributed by atoms with Crippen LogP contribution in [0.5, 0.6) is 5.88 Å². The minimum absolute atomic E-state index is 0.552. The smallest absolute Gasteiger partial charge is 0.213 e. The van der Waals surface area contributed by atoms with Crippen molar-refractivity contribution in [3.63, 3.8) is 0 Å². The van der Waals surface area contributed by atoms with Crippen LogP contribution in [0.25, 0.3) is 0 Å². The van der Waals surface area contributed by atoms with E-state index in [1.807, 2.05) is 18.3 Å². The number of nitrogens with one attached hydrogen (secondary N) is 1. The summed E-state index contributed by atoms with van der Waals surface area (Å²) < 4.78 is 5.06. The molecule has 0 radical (unpaired) electrons. The third kappa shape index (κ3) is 2.77. The van der Waals surface area contributed by atoms with Crippen LogP contribution in [-0.4, -0.2) is 18.1 Å². The standard InChI is InChI=1S/C17H20N2O/c1-12-4-3-5-13(8-12)14-9-16(10-14)19-15-6-7-17(20-2)18-11-15/h3-8,11,14,16,19H,9-10H2,1-2H3. The van der Waals surface area contributed by atoms with Crippen molar-refractivity contribution in [1.29, 1.82) is 0 Å². The van der Waals surface area contributed by atoms with E-state index in [-0.39, 0.29) is 0 Å². The lowest BCUT2D eigenvalue weighted by Gasteiger charge is -2.37. The van der Waals surface area contributed by atoms with Crippen LogP contribution in [0.15, 0.2) is 42.6 Å². The summed E-state index contributed by atoms with van der Waals surface area (Å²) in [6.45, 7) is 2.15. The van der Waals surface area contributed by atoms with E-state index in [4.69, 9.17) is 4.74 Å². The number of aromatic nitrogens is 1. The van der Waals surface area contributed by atoms with E-state index in [0.717, 1.165) is 5.69 Å². The molecule has 1 aliphatic rings. The Kier molecular flexibility index (Phi) is 3.59. The molecular formula is C17H20N2O. The molecule has 1 N–H and O–H groups in total. The SMILES string of the molecule is COc1ccc(NC2CC(c3cccc(C)c3)C2)cn1. The van der Waals surface area contributed by atoms with Gasteiger partial charge in [-0.25, -0.2) is 4.98 Å². The summed E-state index contributed by atoms with van der Waals surface area (Å²) >= 11 is 0. The molecule has 2 aromatic rings. The van der Waals surface area contributed by atoms with Crippen molar-refractivity contribution in [1.82, 2.24) is 4.98 Å². The number of methoxy groups -OCH3 is 1. The highest BCUT2D eigenvalue weighted by molar-refractivity contribution is 5.44. The summed E-state index contributed by atoms with van der Waals surface area (Å²) in [4.78, 5) is 4.21. The highest BCUT2D eigenvalue weighted by atomic mass is 16.5. The summed E-state index contributed by atoms with van der Waals surface area (Å²) in [5, 5.41) is 3.53. The molecule has 20 heavy (non-hydrogen) atoms. The number of ether oxygens (including phenoxy) is 1. The van der Waals surface area contributed by atoms with Gasteiger partial charge in [0.05, 0.1) is 19.0 Å². The molecule has 3 nitrogen and oxygen atoms in total. The fourth-order valence-electron chi connectivity index (χ4n) is 2.75. The van der Waals surface area contributed by atoms with Crippen LogP contribution in [-0.2, 0) is 0 Å². The van der Waals surface area contributed by atoms with Crippen LogP contribution in [0.2, 0.25) is 0 Å². The Morgan fingerprint density at radius 1 is 1.20 bits per heavy atom.